The van der Waals surface area contributed by atoms with Gasteiger partial charge in [0.1, 0.15) is 5.69 Å². The zero-order chi connectivity index (χ0) is 20.6. The molecule has 1 aromatic heterocycles. The third kappa shape index (κ3) is 5.04. The van der Waals surface area contributed by atoms with E-state index in [2.05, 4.69) is 10.3 Å². The zero-order valence-electron chi connectivity index (χ0n) is 16.9. The molecule has 150 valence electrons. The van der Waals surface area contributed by atoms with Crippen LogP contribution in [0.5, 0.6) is 11.5 Å². The Bertz CT molecular complexity index is 961. The molecule has 3 aromatic rings. The number of rotatable bonds is 8. The van der Waals surface area contributed by atoms with Crippen LogP contribution >= 0.6 is 0 Å². The predicted molar refractivity (Wildman–Crippen MR) is 114 cm³/mol. The molecule has 1 amide bonds. The highest BCUT2D eigenvalue weighted by molar-refractivity contribution is 5.93. The van der Waals surface area contributed by atoms with Crippen LogP contribution in [-0.4, -0.2) is 36.6 Å². The van der Waals surface area contributed by atoms with Gasteiger partial charge in [-0.3, -0.25) is 9.78 Å². The molecule has 3 rings (SSSR count). The summed E-state index contributed by atoms with van der Waals surface area (Å²) >= 11 is 0. The van der Waals surface area contributed by atoms with E-state index in [0.29, 0.717) is 30.3 Å². The molecule has 0 aliphatic heterocycles. The second kappa shape index (κ2) is 9.59. The summed E-state index contributed by atoms with van der Waals surface area (Å²) in [4.78, 5) is 19.0. The molecule has 6 heteroatoms. The first-order valence-corrected chi connectivity index (χ1v) is 9.43. The van der Waals surface area contributed by atoms with E-state index < -0.39 is 0 Å². The van der Waals surface area contributed by atoms with Crippen LogP contribution in [0.1, 0.15) is 23.0 Å². The minimum Gasteiger partial charge on any atom is -0.493 e. The molecule has 0 aliphatic rings. The first-order valence-electron chi connectivity index (χ1n) is 9.43. The largest absolute Gasteiger partial charge is 0.493 e. The van der Waals surface area contributed by atoms with Crippen molar-refractivity contribution in [1.29, 1.82) is 0 Å². The zero-order valence-corrected chi connectivity index (χ0v) is 16.9. The topological polar surface area (TPSA) is 63.7 Å². The Morgan fingerprint density at radius 1 is 0.966 bits per heavy atom. The maximum atomic E-state index is 13.0. The minimum absolute atomic E-state index is 0.104. The van der Waals surface area contributed by atoms with Gasteiger partial charge < -0.3 is 19.7 Å². The number of benzene rings is 2. The van der Waals surface area contributed by atoms with Gasteiger partial charge in [0.2, 0.25) is 0 Å². The molecule has 0 saturated carbocycles. The molecule has 0 aliphatic carbocycles. The van der Waals surface area contributed by atoms with E-state index in [1.165, 1.54) is 0 Å². The maximum absolute atomic E-state index is 13.0. The third-order valence-corrected chi connectivity index (χ3v) is 4.54. The number of nitrogens with one attached hydrogen (secondary N) is 1. The molecule has 2 aromatic carbocycles. The Morgan fingerprint density at radius 3 is 2.38 bits per heavy atom. The van der Waals surface area contributed by atoms with Crippen molar-refractivity contribution in [2.75, 3.05) is 26.1 Å². The summed E-state index contributed by atoms with van der Waals surface area (Å²) in [5.74, 6) is 1.18. The molecule has 0 unspecified atom stereocenters. The average Bonchev–Trinajstić information content (AvgIpc) is 2.77. The molecule has 1 N–H and O–H groups in total. The van der Waals surface area contributed by atoms with E-state index in [4.69, 9.17) is 9.47 Å². The number of carbonyl (C=O) groups is 1. The number of amides is 1. The summed E-state index contributed by atoms with van der Waals surface area (Å²) in [6.07, 6.45) is 1.63. The molecule has 0 atom stereocenters. The molecular formula is C23H25N3O3. The SMILES string of the molecule is CCN(Cc1ccccc1)C(=O)c1cc(Nc2ccc(OC)c(OC)c2)ccn1. The number of ether oxygens (including phenoxy) is 2. The van der Waals surface area contributed by atoms with Crippen LogP contribution in [0.3, 0.4) is 0 Å². The van der Waals surface area contributed by atoms with Gasteiger partial charge in [-0.1, -0.05) is 30.3 Å². The van der Waals surface area contributed by atoms with Gasteiger partial charge in [0, 0.05) is 36.7 Å². The lowest BCUT2D eigenvalue weighted by molar-refractivity contribution is 0.0746. The van der Waals surface area contributed by atoms with Crippen LogP contribution in [-0.2, 0) is 6.54 Å². The Labute approximate surface area is 171 Å². The molecular weight excluding hydrogens is 366 g/mol. The number of carbonyl (C=O) groups excluding carboxylic acids is 1. The highest BCUT2D eigenvalue weighted by atomic mass is 16.5. The van der Waals surface area contributed by atoms with Crippen LogP contribution < -0.4 is 14.8 Å². The van der Waals surface area contributed by atoms with E-state index in [-0.39, 0.29) is 5.91 Å². The van der Waals surface area contributed by atoms with Crippen LogP contribution in [0.25, 0.3) is 0 Å². The molecule has 0 radical (unpaired) electrons. The molecule has 1 heterocycles. The molecule has 0 spiro atoms. The standard InChI is InChI=1S/C23H25N3O3/c1-4-26(16-17-8-6-5-7-9-17)23(27)20-14-19(12-13-24-20)25-18-10-11-21(28-2)22(15-18)29-3/h5-15H,4,16H2,1-3H3,(H,24,25). The maximum Gasteiger partial charge on any atom is 0.272 e. The van der Waals surface area contributed by atoms with Crippen LogP contribution in [0.4, 0.5) is 11.4 Å². The Kier molecular flexibility index (Phi) is 6.68. The first kappa shape index (κ1) is 20.2. The Balaban J connectivity index is 1.77. The quantitative estimate of drug-likeness (QED) is 0.612. The lowest BCUT2D eigenvalue weighted by Crippen LogP contribution is -2.31. The fraction of sp³-hybridized carbons (Fsp3) is 0.217. The summed E-state index contributed by atoms with van der Waals surface area (Å²) in [5.41, 5.74) is 3.07. The fourth-order valence-electron chi connectivity index (χ4n) is 3.00. The fourth-order valence-corrected chi connectivity index (χ4v) is 3.00. The summed E-state index contributed by atoms with van der Waals surface area (Å²) in [7, 11) is 3.19. The van der Waals surface area contributed by atoms with Gasteiger partial charge in [0.25, 0.3) is 5.91 Å². The van der Waals surface area contributed by atoms with Crippen LogP contribution in [0.15, 0.2) is 66.9 Å². The lowest BCUT2D eigenvalue weighted by Gasteiger charge is -2.21. The van der Waals surface area contributed by atoms with Crippen molar-refractivity contribution in [1.82, 2.24) is 9.88 Å². The summed E-state index contributed by atoms with van der Waals surface area (Å²) in [5, 5.41) is 3.29. The van der Waals surface area contributed by atoms with E-state index in [1.54, 1.807) is 31.4 Å². The molecule has 29 heavy (non-hydrogen) atoms. The first-order chi connectivity index (χ1) is 14.1. The second-order valence-electron chi connectivity index (χ2n) is 6.43. The number of anilines is 2. The second-order valence-corrected chi connectivity index (χ2v) is 6.43. The summed E-state index contributed by atoms with van der Waals surface area (Å²) in [6.45, 7) is 3.11. The van der Waals surface area contributed by atoms with Crippen LogP contribution in [0, 0.1) is 0 Å². The third-order valence-electron chi connectivity index (χ3n) is 4.54. The van der Waals surface area contributed by atoms with Gasteiger partial charge in [-0.05, 0) is 36.8 Å². The number of hydrogen-bond acceptors (Lipinski definition) is 5. The predicted octanol–water partition coefficient (Wildman–Crippen LogP) is 4.50. The van der Waals surface area contributed by atoms with Crippen molar-refractivity contribution < 1.29 is 14.3 Å². The highest BCUT2D eigenvalue weighted by Gasteiger charge is 2.16. The smallest absolute Gasteiger partial charge is 0.272 e. The van der Waals surface area contributed by atoms with E-state index in [1.807, 2.05) is 61.5 Å². The van der Waals surface area contributed by atoms with Gasteiger partial charge in [0.15, 0.2) is 11.5 Å². The van der Waals surface area contributed by atoms with Crippen molar-refractivity contribution in [3.63, 3.8) is 0 Å². The van der Waals surface area contributed by atoms with E-state index >= 15 is 0 Å². The Morgan fingerprint density at radius 2 is 1.69 bits per heavy atom. The van der Waals surface area contributed by atoms with Crippen LogP contribution in [0.2, 0.25) is 0 Å². The van der Waals surface area contributed by atoms with Gasteiger partial charge >= 0.3 is 0 Å². The molecule has 6 nitrogen and oxygen atoms in total. The van der Waals surface area contributed by atoms with Crippen molar-refractivity contribution in [3.05, 3.63) is 78.1 Å². The van der Waals surface area contributed by atoms with E-state index in [9.17, 15) is 4.79 Å². The number of aromatic nitrogens is 1. The number of nitrogens with zero attached hydrogens (tertiary/aromatic N) is 2. The van der Waals surface area contributed by atoms with Crippen molar-refractivity contribution in [2.45, 2.75) is 13.5 Å². The van der Waals surface area contributed by atoms with Gasteiger partial charge in [-0.25, -0.2) is 0 Å². The summed E-state index contributed by atoms with van der Waals surface area (Å²) in [6, 6.07) is 19.1. The monoisotopic (exact) mass is 391 g/mol. The van der Waals surface area contributed by atoms with Gasteiger partial charge in [0.05, 0.1) is 14.2 Å². The molecule has 0 bridgehead atoms. The number of pyridine rings is 1. The van der Waals surface area contributed by atoms with Crippen molar-refractivity contribution in [3.8, 4) is 11.5 Å². The van der Waals surface area contributed by atoms with Gasteiger partial charge in [-0.2, -0.15) is 0 Å². The van der Waals surface area contributed by atoms with Crippen molar-refractivity contribution in [2.24, 2.45) is 0 Å². The van der Waals surface area contributed by atoms with E-state index in [0.717, 1.165) is 16.9 Å². The molecule has 0 saturated heterocycles. The number of methoxy groups -OCH3 is 2. The molecule has 0 fully saturated rings. The van der Waals surface area contributed by atoms with Crippen molar-refractivity contribution >= 4 is 17.3 Å². The van der Waals surface area contributed by atoms with Gasteiger partial charge in [-0.15, -0.1) is 0 Å². The average molecular weight is 391 g/mol. The number of hydrogen-bond donors (Lipinski definition) is 1. The Hall–Kier alpha value is -3.54. The summed E-state index contributed by atoms with van der Waals surface area (Å²) < 4.78 is 10.6. The lowest BCUT2D eigenvalue weighted by atomic mass is 10.2. The normalized spacial score (nSPS) is 10.3. The highest BCUT2D eigenvalue weighted by Crippen LogP contribution is 2.31. The minimum atomic E-state index is -0.104.